The number of ether oxygens (including phenoxy) is 2. The van der Waals surface area contributed by atoms with E-state index in [1.54, 1.807) is 35.6 Å². The molecule has 13 nitrogen and oxygen atoms in total. The topological polar surface area (TPSA) is 156 Å². The molecule has 2 spiro atoms. The van der Waals surface area contributed by atoms with Crippen LogP contribution in [0.4, 0.5) is 5.82 Å². The minimum absolute atomic E-state index is 0.0340. The molecular formula is C44H45ClN10O3S. The molecule has 59 heavy (non-hydrogen) atoms. The number of hydrogen-bond donors (Lipinski definition) is 1. The Hall–Kier alpha value is -5.39. The number of benzene rings is 1. The van der Waals surface area contributed by atoms with Crippen molar-refractivity contribution in [1.82, 2.24) is 35.3 Å². The summed E-state index contributed by atoms with van der Waals surface area (Å²) in [6.07, 6.45) is 11.4. The van der Waals surface area contributed by atoms with Gasteiger partial charge in [-0.25, -0.2) is 0 Å². The Labute approximate surface area is 351 Å². The van der Waals surface area contributed by atoms with Gasteiger partial charge in [-0.05, 0) is 132 Å². The molecule has 15 heteroatoms. The monoisotopic (exact) mass is 828 g/mol. The SMILES string of the molecule is Cc1sc2c(c1C)C(c1ccc(OC3CC4(CCN(c5ccc(C(=O)N[C@H]6CC[C@H](Oc7ccc(C#N)c(Cl)c7)CC6)nn5)CC4)C3)cn1)=NC1(CC1)c1nnc(C)n1-2. The first-order valence-corrected chi connectivity index (χ1v) is 21.8. The summed E-state index contributed by atoms with van der Waals surface area (Å²) >= 11 is 7.94. The summed E-state index contributed by atoms with van der Waals surface area (Å²) in [4.78, 5) is 26.9. The molecule has 5 aliphatic rings. The van der Waals surface area contributed by atoms with Crippen LogP contribution in [0.5, 0.6) is 11.5 Å². The van der Waals surface area contributed by atoms with E-state index in [4.69, 9.17) is 36.3 Å². The quantitative estimate of drug-likeness (QED) is 0.164. The van der Waals surface area contributed by atoms with Gasteiger partial charge in [0.1, 0.15) is 33.9 Å². The molecule has 10 rings (SSSR count). The Morgan fingerprint density at radius 2 is 1.68 bits per heavy atom. The van der Waals surface area contributed by atoms with Crippen molar-refractivity contribution < 1.29 is 14.3 Å². The minimum Gasteiger partial charge on any atom is -0.490 e. The van der Waals surface area contributed by atoms with E-state index in [1.165, 1.54) is 10.4 Å². The molecule has 302 valence electrons. The predicted molar refractivity (Wildman–Crippen MR) is 224 cm³/mol. The first kappa shape index (κ1) is 37.9. The van der Waals surface area contributed by atoms with Gasteiger partial charge in [-0.3, -0.25) is 19.3 Å². The fraction of sp³-hybridized carbons (Fsp3) is 0.455. The van der Waals surface area contributed by atoms with Crippen LogP contribution in [-0.4, -0.2) is 72.9 Å². The average molecular weight is 829 g/mol. The number of aliphatic imine (C=N–C) groups is 1. The van der Waals surface area contributed by atoms with Gasteiger partial charge in [0.05, 0.1) is 40.4 Å². The normalized spacial score (nSPS) is 21.4. The van der Waals surface area contributed by atoms with Gasteiger partial charge in [-0.2, -0.15) is 5.26 Å². The lowest BCUT2D eigenvalue weighted by atomic mass is 9.61. The zero-order valence-corrected chi connectivity index (χ0v) is 34.9. The molecule has 1 N–H and O–H groups in total. The molecule has 5 aromatic rings. The van der Waals surface area contributed by atoms with Gasteiger partial charge in [-0.1, -0.05) is 11.6 Å². The van der Waals surface area contributed by atoms with E-state index in [-0.39, 0.29) is 35.1 Å². The third-order valence-electron chi connectivity index (χ3n) is 13.1. The molecule has 4 fully saturated rings. The van der Waals surface area contributed by atoms with E-state index in [9.17, 15) is 4.79 Å². The molecule has 1 saturated heterocycles. The Morgan fingerprint density at radius 1 is 0.915 bits per heavy atom. The van der Waals surface area contributed by atoms with Crippen LogP contribution in [0.1, 0.15) is 114 Å². The van der Waals surface area contributed by atoms with E-state index < -0.39 is 0 Å². The zero-order chi connectivity index (χ0) is 40.5. The number of amides is 1. The molecular weight excluding hydrogens is 784 g/mol. The minimum atomic E-state index is -0.334. The third kappa shape index (κ3) is 7.01. The number of nitriles is 1. The number of aryl methyl sites for hydroxylation is 2. The molecule has 0 atom stereocenters. The van der Waals surface area contributed by atoms with E-state index >= 15 is 0 Å². The molecule has 2 aliphatic heterocycles. The van der Waals surface area contributed by atoms with Crippen LogP contribution in [-0.2, 0) is 5.54 Å². The maximum absolute atomic E-state index is 13.1. The largest absolute Gasteiger partial charge is 0.490 e. The van der Waals surface area contributed by atoms with Gasteiger partial charge < -0.3 is 19.7 Å². The number of nitrogens with zero attached hydrogens (tertiary/aromatic N) is 9. The Bertz CT molecular complexity index is 2500. The second-order valence-corrected chi connectivity index (χ2v) is 18.6. The van der Waals surface area contributed by atoms with Gasteiger partial charge in [0, 0.05) is 35.6 Å². The smallest absolute Gasteiger partial charge is 0.272 e. The van der Waals surface area contributed by atoms with Crippen LogP contribution < -0.4 is 19.7 Å². The number of carbonyl (C=O) groups excluding carboxylic acids is 1. The Morgan fingerprint density at radius 3 is 2.36 bits per heavy atom. The molecule has 3 aliphatic carbocycles. The maximum atomic E-state index is 13.1. The number of thiophene rings is 1. The van der Waals surface area contributed by atoms with Crippen LogP contribution in [0.25, 0.3) is 5.00 Å². The standard InChI is InChI=1S/C44H45ClN10O3S/c1-25-26(2)59-41-38(25)39(49-44(14-15-44)42-53-50-27(3)55(41)42)35-11-10-32(24-47-35)58-33-21-43(22-33)16-18-54(19-17-43)37-13-12-36(51-52-37)40(56)48-29-5-8-30(9-6-29)57-31-7-4-28(23-46)34(45)20-31/h4,7,10-13,20,24,29-30,33H,5-6,8-9,14-19,21-22H2,1-3H3,(H,48,56)/t29-,30-. The highest BCUT2D eigenvalue weighted by Gasteiger charge is 2.52. The number of pyridine rings is 1. The van der Waals surface area contributed by atoms with Crippen LogP contribution in [0, 0.1) is 37.5 Å². The number of anilines is 1. The van der Waals surface area contributed by atoms with Crippen molar-refractivity contribution in [3.05, 3.63) is 98.3 Å². The molecule has 1 amide bonds. The number of aromatic nitrogens is 6. The summed E-state index contributed by atoms with van der Waals surface area (Å²) in [5.41, 5.74) is 4.84. The number of hydrogen-bond acceptors (Lipinski definition) is 12. The summed E-state index contributed by atoms with van der Waals surface area (Å²) < 4.78 is 14.8. The first-order valence-electron chi connectivity index (χ1n) is 20.6. The summed E-state index contributed by atoms with van der Waals surface area (Å²) in [6, 6.07) is 15.0. The van der Waals surface area contributed by atoms with Crippen LogP contribution in [0.3, 0.4) is 0 Å². The zero-order valence-electron chi connectivity index (χ0n) is 33.4. The summed E-state index contributed by atoms with van der Waals surface area (Å²) in [7, 11) is 0. The fourth-order valence-corrected chi connectivity index (χ4v) is 10.8. The number of halogens is 1. The lowest BCUT2D eigenvalue weighted by molar-refractivity contribution is -0.0312. The molecule has 0 bridgehead atoms. The second-order valence-electron chi connectivity index (χ2n) is 17.0. The van der Waals surface area contributed by atoms with Crippen molar-refractivity contribution >= 4 is 40.4 Å². The predicted octanol–water partition coefficient (Wildman–Crippen LogP) is 7.75. The lowest BCUT2D eigenvalue weighted by Crippen LogP contribution is -2.51. The number of piperidine rings is 1. The third-order valence-corrected chi connectivity index (χ3v) is 14.6. The summed E-state index contributed by atoms with van der Waals surface area (Å²) in [6.45, 7) is 8.14. The van der Waals surface area contributed by atoms with E-state index in [0.717, 1.165) is 122 Å². The highest BCUT2D eigenvalue weighted by Crippen LogP contribution is 2.53. The van der Waals surface area contributed by atoms with Gasteiger partial charge >= 0.3 is 0 Å². The van der Waals surface area contributed by atoms with Crippen LogP contribution in [0.2, 0.25) is 5.02 Å². The Balaban J connectivity index is 0.697. The lowest BCUT2D eigenvalue weighted by Gasteiger charge is -2.51. The van der Waals surface area contributed by atoms with Gasteiger partial charge in [-0.15, -0.1) is 31.7 Å². The van der Waals surface area contributed by atoms with E-state index in [2.05, 4.69) is 61.2 Å². The van der Waals surface area contributed by atoms with Crippen molar-refractivity contribution in [2.75, 3.05) is 18.0 Å². The first-order chi connectivity index (χ1) is 28.6. The maximum Gasteiger partial charge on any atom is 0.272 e. The van der Waals surface area contributed by atoms with Crippen molar-refractivity contribution in [2.24, 2.45) is 10.4 Å². The highest BCUT2D eigenvalue weighted by atomic mass is 35.5. The molecule has 4 aromatic heterocycles. The van der Waals surface area contributed by atoms with Crippen molar-refractivity contribution in [2.45, 2.75) is 109 Å². The van der Waals surface area contributed by atoms with E-state index in [0.29, 0.717) is 22.0 Å². The van der Waals surface area contributed by atoms with Crippen molar-refractivity contribution in [3.63, 3.8) is 0 Å². The average Bonchev–Trinajstić information content (AvgIpc) is 3.85. The molecule has 6 heterocycles. The second kappa shape index (κ2) is 14.7. The van der Waals surface area contributed by atoms with Gasteiger partial charge in [0.25, 0.3) is 5.91 Å². The van der Waals surface area contributed by atoms with Crippen molar-refractivity contribution in [1.29, 1.82) is 5.26 Å². The molecule has 0 unspecified atom stereocenters. The van der Waals surface area contributed by atoms with Crippen LogP contribution >= 0.6 is 22.9 Å². The highest BCUT2D eigenvalue weighted by molar-refractivity contribution is 7.15. The van der Waals surface area contributed by atoms with Gasteiger partial charge in [0.2, 0.25) is 0 Å². The van der Waals surface area contributed by atoms with E-state index in [1.807, 2.05) is 25.3 Å². The fourth-order valence-electron chi connectivity index (χ4n) is 9.35. The summed E-state index contributed by atoms with van der Waals surface area (Å²) in [5.74, 6) is 3.87. The Kier molecular flexibility index (Phi) is 9.44. The number of carbonyl (C=O) groups is 1. The number of rotatable bonds is 8. The molecule has 1 aromatic carbocycles. The number of nitrogens with one attached hydrogen (secondary N) is 1. The van der Waals surface area contributed by atoms with Crippen molar-refractivity contribution in [3.8, 4) is 22.6 Å². The number of fused-ring (bicyclic) bond motifs is 4. The summed E-state index contributed by atoms with van der Waals surface area (Å²) in [5, 5.41) is 31.6. The van der Waals surface area contributed by atoms with Gasteiger partial charge in [0.15, 0.2) is 17.3 Å². The molecule has 3 saturated carbocycles. The molecule has 0 radical (unpaired) electrons. The van der Waals surface area contributed by atoms with Crippen LogP contribution in [0.15, 0.2) is 53.7 Å².